The van der Waals surface area contributed by atoms with Crippen molar-refractivity contribution >= 4 is 0 Å². The first-order valence-corrected chi connectivity index (χ1v) is 5.33. The predicted octanol–water partition coefficient (Wildman–Crippen LogP) is 1.22. The molecule has 2 aliphatic rings. The molecule has 0 amide bonds. The molecule has 0 aromatic heterocycles. The van der Waals surface area contributed by atoms with Gasteiger partial charge in [0.2, 0.25) is 0 Å². The SMILES string of the molecule is C[C@@H]1CCCN1CC1CCCN1. The number of rotatable bonds is 2. The lowest BCUT2D eigenvalue weighted by atomic mass is 10.2. The standard InChI is InChI=1S/C10H20N2/c1-9-4-3-7-12(9)8-10-5-2-6-11-10/h9-11H,2-8H2,1H3/t9-,10?/m1/s1. The van der Waals surface area contributed by atoms with Gasteiger partial charge in [-0.15, -0.1) is 0 Å². The van der Waals surface area contributed by atoms with Crippen LogP contribution in [0.3, 0.4) is 0 Å². The topological polar surface area (TPSA) is 15.3 Å². The third-order valence-corrected chi connectivity index (χ3v) is 3.31. The molecule has 2 saturated heterocycles. The summed E-state index contributed by atoms with van der Waals surface area (Å²) in [5.41, 5.74) is 0. The molecule has 2 rings (SSSR count). The minimum Gasteiger partial charge on any atom is -0.313 e. The fourth-order valence-corrected chi connectivity index (χ4v) is 2.46. The molecular formula is C10H20N2. The van der Waals surface area contributed by atoms with Gasteiger partial charge in [0.15, 0.2) is 0 Å². The fraction of sp³-hybridized carbons (Fsp3) is 1.00. The smallest absolute Gasteiger partial charge is 0.0195 e. The van der Waals surface area contributed by atoms with Crippen molar-refractivity contribution in [3.8, 4) is 0 Å². The number of hydrogen-bond donors (Lipinski definition) is 1. The molecule has 0 aromatic rings. The number of likely N-dealkylation sites (tertiary alicyclic amines) is 1. The van der Waals surface area contributed by atoms with Gasteiger partial charge < -0.3 is 5.32 Å². The summed E-state index contributed by atoms with van der Waals surface area (Å²) < 4.78 is 0. The summed E-state index contributed by atoms with van der Waals surface area (Å²) in [6.45, 7) is 6.23. The maximum atomic E-state index is 3.56. The average molecular weight is 168 g/mol. The minimum absolute atomic E-state index is 0.797. The van der Waals surface area contributed by atoms with E-state index >= 15 is 0 Å². The van der Waals surface area contributed by atoms with Crippen molar-refractivity contribution in [3.05, 3.63) is 0 Å². The van der Waals surface area contributed by atoms with Gasteiger partial charge in [0.05, 0.1) is 0 Å². The fourth-order valence-electron chi connectivity index (χ4n) is 2.46. The second-order valence-electron chi connectivity index (χ2n) is 4.28. The second kappa shape index (κ2) is 3.75. The van der Waals surface area contributed by atoms with Gasteiger partial charge in [-0.2, -0.15) is 0 Å². The van der Waals surface area contributed by atoms with Crippen molar-refractivity contribution in [1.29, 1.82) is 0 Å². The van der Waals surface area contributed by atoms with Crippen LogP contribution in [0.15, 0.2) is 0 Å². The first-order valence-electron chi connectivity index (χ1n) is 5.33. The van der Waals surface area contributed by atoms with E-state index < -0.39 is 0 Å². The van der Waals surface area contributed by atoms with Crippen LogP contribution in [0, 0.1) is 0 Å². The molecule has 0 spiro atoms. The van der Waals surface area contributed by atoms with E-state index in [0.29, 0.717) is 0 Å². The Hall–Kier alpha value is -0.0800. The Labute approximate surface area is 75.3 Å². The highest BCUT2D eigenvalue weighted by Gasteiger charge is 2.24. The molecule has 1 N–H and O–H groups in total. The molecule has 0 bridgehead atoms. The predicted molar refractivity (Wildman–Crippen MR) is 51.3 cm³/mol. The van der Waals surface area contributed by atoms with E-state index in [9.17, 15) is 0 Å². The molecule has 2 aliphatic heterocycles. The van der Waals surface area contributed by atoms with Crippen molar-refractivity contribution in [2.45, 2.75) is 44.7 Å². The molecule has 2 heterocycles. The van der Waals surface area contributed by atoms with Gasteiger partial charge in [-0.3, -0.25) is 4.90 Å². The molecule has 1 unspecified atom stereocenters. The van der Waals surface area contributed by atoms with Gasteiger partial charge in [0.25, 0.3) is 0 Å². The summed E-state index contributed by atoms with van der Waals surface area (Å²) in [6, 6.07) is 1.64. The van der Waals surface area contributed by atoms with Crippen LogP contribution in [0.25, 0.3) is 0 Å². The molecule has 2 nitrogen and oxygen atoms in total. The lowest BCUT2D eigenvalue weighted by molar-refractivity contribution is 0.244. The molecular weight excluding hydrogens is 148 g/mol. The van der Waals surface area contributed by atoms with Crippen LogP contribution in [0.1, 0.15) is 32.6 Å². The summed E-state index contributed by atoms with van der Waals surface area (Å²) >= 11 is 0. The van der Waals surface area contributed by atoms with Crippen molar-refractivity contribution in [3.63, 3.8) is 0 Å². The van der Waals surface area contributed by atoms with Gasteiger partial charge >= 0.3 is 0 Å². The Balaban J connectivity index is 1.77. The summed E-state index contributed by atoms with van der Waals surface area (Å²) in [7, 11) is 0. The van der Waals surface area contributed by atoms with E-state index in [2.05, 4.69) is 17.1 Å². The Morgan fingerprint density at radius 1 is 1.33 bits per heavy atom. The largest absolute Gasteiger partial charge is 0.313 e. The Morgan fingerprint density at radius 2 is 2.25 bits per heavy atom. The summed E-state index contributed by atoms with van der Waals surface area (Å²) in [4.78, 5) is 2.64. The highest BCUT2D eigenvalue weighted by atomic mass is 15.2. The number of nitrogens with zero attached hydrogens (tertiary/aromatic N) is 1. The zero-order valence-electron chi connectivity index (χ0n) is 8.05. The lowest BCUT2D eigenvalue weighted by Gasteiger charge is -2.24. The van der Waals surface area contributed by atoms with Crippen LogP contribution in [0.4, 0.5) is 0 Å². The van der Waals surface area contributed by atoms with Crippen molar-refractivity contribution in [2.75, 3.05) is 19.6 Å². The van der Waals surface area contributed by atoms with Crippen LogP contribution in [0.2, 0.25) is 0 Å². The number of hydrogen-bond acceptors (Lipinski definition) is 2. The highest BCUT2D eigenvalue weighted by Crippen LogP contribution is 2.18. The molecule has 2 atom stereocenters. The van der Waals surface area contributed by atoms with E-state index in [0.717, 1.165) is 12.1 Å². The van der Waals surface area contributed by atoms with Crippen molar-refractivity contribution < 1.29 is 0 Å². The third kappa shape index (κ3) is 1.80. The van der Waals surface area contributed by atoms with Crippen LogP contribution in [0.5, 0.6) is 0 Å². The van der Waals surface area contributed by atoms with Crippen LogP contribution >= 0.6 is 0 Å². The first-order chi connectivity index (χ1) is 5.86. The molecule has 12 heavy (non-hydrogen) atoms. The number of nitrogens with one attached hydrogen (secondary N) is 1. The van der Waals surface area contributed by atoms with Gasteiger partial charge in [0, 0.05) is 18.6 Å². The normalized spacial score (nSPS) is 37.8. The molecule has 0 aliphatic carbocycles. The van der Waals surface area contributed by atoms with Gasteiger partial charge in [-0.05, 0) is 45.7 Å². The first kappa shape index (κ1) is 8.52. The third-order valence-electron chi connectivity index (χ3n) is 3.31. The van der Waals surface area contributed by atoms with Crippen LogP contribution in [-0.4, -0.2) is 36.6 Å². The van der Waals surface area contributed by atoms with Crippen LogP contribution in [-0.2, 0) is 0 Å². The zero-order chi connectivity index (χ0) is 8.39. The van der Waals surface area contributed by atoms with Gasteiger partial charge in [-0.1, -0.05) is 0 Å². The monoisotopic (exact) mass is 168 g/mol. The molecule has 0 aromatic carbocycles. The molecule has 2 fully saturated rings. The molecule has 0 radical (unpaired) electrons. The highest BCUT2D eigenvalue weighted by molar-refractivity contribution is 4.83. The lowest BCUT2D eigenvalue weighted by Crippen LogP contribution is -2.39. The summed E-state index contributed by atoms with van der Waals surface area (Å²) in [6.07, 6.45) is 5.59. The Morgan fingerprint density at radius 3 is 2.83 bits per heavy atom. The molecule has 70 valence electrons. The zero-order valence-corrected chi connectivity index (χ0v) is 8.05. The second-order valence-corrected chi connectivity index (χ2v) is 4.28. The summed E-state index contributed by atoms with van der Waals surface area (Å²) in [5.74, 6) is 0. The quantitative estimate of drug-likeness (QED) is 0.667. The van der Waals surface area contributed by atoms with Crippen molar-refractivity contribution in [1.82, 2.24) is 10.2 Å². The molecule has 2 heteroatoms. The van der Waals surface area contributed by atoms with E-state index in [4.69, 9.17) is 0 Å². The minimum atomic E-state index is 0.797. The van der Waals surface area contributed by atoms with E-state index in [-0.39, 0.29) is 0 Å². The maximum absolute atomic E-state index is 3.56. The Bertz CT molecular complexity index is 141. The average Bonchev–Trinajstić information content (AvgIpc) is 2.65. The maximum Gasteiger partial charge on any atom is 0.0195 e. The van der Waals surface area contributed by atoms with Gasteiger partial charge in [-0.25, -0.2) is 0 Å². The van der Waals surface area contributed by atoms with Crippen molar-refractivity contribution in [2.24, 2.45) is 0 Å². The van der Waals surface area contributed by atoms with Crippen LogP contribution < -0.4 is 5.32 Å². The van der Waals surface area contributed by atoms with E-state index in [1.165, 1.54) is 45.3 Å². The Kier molecular flexibility index (Phi) is 2.66. The van der Waals surface area contributed by atoms with E-state index in [1.54, 1.807) is 0 Å². The van der Waals surface area contributed by atoms with Gasteiger partial charge in [0.1, 0.15) is 0 Å². The van der Waals surface area contributed by atoms with E-state index in [1.807, 2.05) is 0 Å². The molecule has 0 saturated carbocycles. The summed E-state index contributed by atoms with van der Waals surface area (Å²) in [5, 5.41) is 3.56.